The van der Waals surface area contributed by atoms with Gasteiger partial charge in [0.25, 0.3) is 5.91 Å². The van der Waals surface area contributed by atoms with E-state index in [4.69, 9.17) is 23.7 Å². The van der Waals surface area contributed by atoms with Crippen LogP contribution in [-0.4, -0.2) is 45.9 Å². The van der Waals surface area contributed by atoms with E-state index in [2.05, 4.69) is 10.3 Å². The number of carbonyl (C=O) groups excluding carboxylic acids is 1. The Labute approximate surface area is 219 Å². The number of thiazole rings is 1. The highest BCUT2D eigenvalue weighted by molar-refractivity contribution is 7.22. The molecule has 0 aliphatic heterocycles. The van der Waals surface area contributed by atoms with Gasteiger partial charge in [-0.15, -0.1) is 0 Å². The Balaban J connectivity index is 1.46. The summed E-state index contributed by atoms with van der Waals surface area (Å²) in [4.78, 5) is 17.0. The minimum Gasteiger partial charge on any atom is -0.493 e. The summed E-state index contributed by atoms with van der Waals surface area (Å²) in [6.07, 6.45) is 3.83. The summed E-state index contributed by atoms with van der Waals surface area (Å²) in [5, 5.41) is 3.34. The average Bonchev–Trinajstić information content (AvgIpc) is 3.31. The standard InChI is InChI=1S/C28H28N2O6S/c1-17-6-10-20-25(12-17)37-28(29-20)30-26(31)16-36-22-13-18(9-11-21(22)32-2)7-8-19-14-23(33-3)27(35-5)24(15-19)34-4/h6-15H,16H2,1-5H3,(H,29,30,31)/b8-7-. The molecule has 3 aromatic carbocycles. The van der Waals surface area contributed by atoms with Crippen LogP contribution in [0.1, 0.15) is 16.7 Å². The Kier molecular flexibility index (Phi) is 8.15. The third-order valence-corrected chi connectivity index (χ3v) is 6.43. The van der Waals surface area contributed by atoms with Gasteiger partial charge in [-0.2, -0.15) is 0 Å². The van der Waals surface area contributed by atoms with E-state index >= 15 is 0 Å². The van der Waals surface area contributed by atoms with Gasteiger partial charge in [-0.05, 0) is 60.0 Å². The number of hydrogen-bond acceptors (Lipinski definition) is 8. The molecule has 0 aliphatic carbocycles. The van der Waals surface area contributed by atoms with Gasteiger partial charge in [-0.3, -0.25) is 10.1 Å². The first kappa shape index (κ1) is 25.8. The van der Waals surface area contributed by atoms with Crippen LogP contribution in [0.5, 0.6) is 28.7 Å². The number of aryl methyl sites for hydroxylation is 1. The zero-order valence-corrected chi connectivity index (χ0v) is 22.1. The Morgan fingerprint density at radius 1 is 0.838 bits per heavy atom. The summed E-state index contributed by atoms with van der Waals surface area (Å²) < 4.78 is 28.5. The minimum absolute atomic E-state index is 0.189. The molecule has 0 bridgehead atoms. The van der Waals surface area contributed by atoms with E-state index in [1.165, 1.54) is 11.3 Å². The van der Waals surface area contributed by atoms with Crippen LogP contribution in [0.25, 0.3) is 22.4 Å². The monoisotopic (exact) mass is 520 g/mol. The predicted octanol–water partition coefficient (Wildman–Crippen LogP) is 5.83. The Hall–Kier alpha value is -4.24. The van der Waals surface area contributed by atoms with Crippen molar-refractivity contribution in [2.45, 2.75) is 6.92 Å². The zero-order chi connectivity index (χ0) is 26.4. The number of nitrogens with one attached hydrogen (secondary N) is 1. The maximum absolute atomic E-state index is 12.5. The molecule has 0 atom stereocenters. The van der Waals surface area contributed by atoms with Crippen LogP contribution in [0.4, 0.5) is 5.13 Å². The Bertz CT molecular complexity index is 1420. The quantitative estimate of drug-likeness (QED) is 0.263. The van der Waals surface area contributed by atoms with E-state index in [-0.39, 0.29) is 12.5 Å². The van der Waals surface area contributed by atoms with E-state index in [1.54, 1.807) is 40.6 Å². The first-order chi connectivity index (χ1) is 17.9. The average molecular weight is 521 g/mol. The van der Waals surface area contributed by atoms with Gasteiger partial charge in [-0.1, -0.05) is 35.6 Å². The Morgan fingerprint density at radius 3 is 2.19 bits per heavy atom. The van der Waals surface area contributed by atoms with Gasteiger partial charge < -0.3 is 23.7 Å². The highest BCUT2D eigenvalue weighted by atomic mass is 32.1. The molecule has 192 valence electrons. The van der Waals surface area contributed by atoms with Gasteiger partial charge in [0.15, 0.2) is 34.7 Å². The molecule has 0 saturated heterocycles. The predicted molar refractivity (Wildman–Crippen MR) is 147 cm³/mol. The lowest BCUT2D eigenvalue weighted by molar-refractivity contribution is -0.118. The molecule has 4 aromatic rings. The molecule has 0 aliphatic rings. The molecule has 0 spiro atoms. The molecular formula is C28H28N2O6S. The number of benzene rings is 3. The SMILES string of the molecule is COc1ccc(/C=C\c2cc(OC)c(OC)c(OC)c2)cc1OCC(=O)Nc1nc2ccc(C)cc2s1. The smallest absolute Gasteiger partial charge is 0.264 e. The summed E-state index contributed by atoms with van der Waals surface area (Å²) in [5.41, 5.74) is 3.70. The highest BCUT2D eigenvalue weighted by Gasteiger charge is 2.13. The number of nitrogens with zero attached hydrogens (tertiary/aromatic N) is 1. The van der Waals surface area contributed by atoms with Crippen LogP contribution < -0.4 is 29.0 Å². The van der Waals surface area contributed by atoms with E-state index in [9.17, 15) is 4.79 Å². The number of amides is 1. The third kappa shape index (κ3) is 6.13. The van der Waals surface area contributed by atoms with E-state index in [0.29, 0.717) is 33.9 Å². The number of hydrogen-bond donors (Lipinski definition) is 1. The summed E-state index contributed by atoms with van der Waals surface area (Å²) in [6, 6.07) is 15.2. The molecular weight excluding hydrogens is 492 g/mol. The van der Waals surface area contributed by atoms with Crippen molar-refractivity contribution < 1.29 is 28.5 Å². The van der Waals surface area contributed by atoms with Crippen molar-refractivity contribution in [3.8, 4) is 28.7 Å². The third-order valence-electron chi connectivity index (χ3n) is 5.49. The normalized spacial score (nSPS) is 10.9. The lowest BCUT2D eigenvalue weighted by Crippen LogP contribution is -2.20. The van der Waals surface area contributed by atoms with Gasteiger partial charge in [0.2, 0.25) is 5.75 Å². The fourth-order valence-corrected chi connectivity index (χ4v) is 4.66. The molecule has 1 N–H and O–H groups in total. The van der Waals surface area contributed by atoms with Crippen LogP contribution in [0.2, 0.25) is 0 Å². The van der Waals surface area contributed by atoms with Crippen molar-refractivity contribution in [1.82, 2.24) is 4.98 Å². The van der Waals surface area contributed by atoms with Crippen molar-refractivity contribution in [3.63, 3.8) is 0 Å². The Morgan fingerprint density at radius 2 is 1.51 bits per heavy atom. The summed E-state index contributed by atoms with van der Waals surface area (Å²) >= 11 is 1.43. The molecule has 37 heavy (non-hydrogen) atoms. The van der Waals surface area contributed by atoms with E-state index in [1.807, 2.05) is 55.5 Å². The second-order valence-corrected chi connectivity index (χ2v) is 9.06. The molecule has 0 radical (unpaired) electrons. The molecule has 0 saturated carbocycles. The zero-order valence-electron chi connectivity index (χ0n) is 21.3. The molecule has 1 amide bonds. The molecule has 1 heterocycles. The molecule has 8 nitrogen and oxygen atoms in total. The number of methoxy groups -OCH3 is 4. The van der Waals surface area contributed by atoms with Gasteiger partial charge in [0.05, 0.1) is 38.7 Å². The minimum atomic E-state index is -0.309. The molecule has 1 aromatic heterocycles. The molecule has 0 fully saturated rings. The number of rotatable bonds is 10. The summed E-state index contributed by atoms with van der Waals surface area (Å²) in [6.45, 7) is 1.83. The second kappa shape index (κ2) is 11.7. The number of anilines is 1. The largest absolute Gasteiger partial charge is 0.493 e. The second-order valence-electron chi connectivity index (χ2n) is 8.03. The summed E-state index contributed by atoms with van der Waals surface area (Å²) in [7, 11) is 6.27. The molecule has 9 heteroatoms. The first-order valence-electron chi connectivity index (χ1n) is 11.4. The summed E-state index contributed by atoms with van der Waals surface area (Å²) in [5.74, 6) is 2.32. The van der Waals surface area contributed by atoms with E-state index in [0.717, 1.165) is 26.9 Å². The van der Waals surface area contributed by atoms with Crippen LogP contribution in [0.3, 0.4) is 0 Å². The fourth-order valence-electron chi connectivity index (χ4n) is 3.68. The van der Waals surface area contributed by atoms with Crippen LogP contribution in [0, 0.1) is 6.92 Å². The van der Waals surface area contributed by atoms with Crippen molar-refractivity contribution >= 4 is 44.7 Å². The number of fused-ring (bicyclic) bond motifs is 1. The van der Waals surface area contributed by atoms with Gasteiger partial charge >= 0.3 is 0 Å². The lowest BCUT2D eigenvalue weighted by atomic mass is 10.1. The lowest BCUT2D eigenvalue weighted by Gasteiger charge is -2.13. The fraction of sp³-hybridized carbons (Fsp3) is 0.214. The number of aromatic nitrogens is 1. The number of ether oxygens (including phenoxy) is 5. The molecule has 4 rings (SSSR count). The van der Waals surface area contributed by atoms with Crippen LogP contribution >= 0.6 is 11.3 Å². The van der Waals surface area contributed by atoms with Gasteiger partial charge in [0.1, 0.15) is 0 Å². The highest BCUT2D eigenvalue weighted by Crippen LogP contribution is 2.39. The van der Waals surface area contributed by atoms with Crippen molar-refractivity contribution in [2.24, 2.45) is 0 Å². The van der Waals surface area contributed by atoms with Crippen molar-refractivity contribution in [1.29, 1.82) is 0 Å². The van der Waals surface area contributed by atoms with Crippen molar-refractivity contribution in [2.75, 3.05) is 40.4 Å². The van der Waals surface area contributed by atoms with Crippen molar-refractivity contribution in [3.05, 3.63) is 65.2 Å². The van der Waals surface area contributed by atoms with Gasteiger partial charge in [-0.25, -0.2) is 4.98 Å². The van der Waals surface area contributed by atoms with Crippen LogP contribution in [-0.2, 0) is 4.79 Å². The number of carbonyl (C=O) groups is 1. The first-order valence-corrected chi connectivity index (χ1v) is 12.2. The maximum Gasteiger partial charge on any atom is 0.264 e. The maximum atomic E-state index is 12.5. The van der Waals surface area contributed by atoms with Gasteiger partial charge in [0, 0.05) is 0 Å². The molecule has 0 unspecified atom stereocenters. The van der Waals surface area contributed by atoms with Crippen LogP contribution in [0.15, 0.2) is 48.5 Å². The topological polar surface area (TPSA) is 88.1 Å². The van der Waals surface area contributed by atoms with E-state index < -0.39 is 0 Å².